The maximum absolute atomic E-state index is 14.0. The summed E-state index contributed by atoms with van der Waals surface area (Å²) in [6, 6.07) is 24.8. The van der Waals surface area contributed by atoms with E-state index in [2.05, 4.69) is 4.98 Å². The van der Waals surface area contributed by atoms with Crippen LogP contribution < -0.4 is 10.5 Å². The van der Waals surface area contributed by atoms with Crippen LogP contribution in [0.3, 0.4) is 0 Å². The van der Waals surface area contributed by atoms with Gasteiger partial charge in [0.2, 0.25) is 0 Å². The topological polar surface area (TPSA) is 48.1 Å². The van der Waals surface area contributed by atoms with Gasteiger partial charge in [-0.2, -0.15) is 0 Å². The number of hydrogen-bond acceptors (Lipinski definition) is 3. The van der Waals surface area contributed by atoms with Crippen molar-refractivity contribution in [3.05, 3.63) is 113 Å². The second kappa shape index (κ2) is 10.5. The molecule has 0 aliphatic carbocycles. The van der Waals surface area contributed by atoms with E-state index in [0.717, 1.165) is 23.3 Å². The number of anilines is 1. The van der Waals surface area contributed by atoms with Crippen LogP contribution in [0.4, 0.5) is 14.6 Å². The highest BCUT2D eigenvalue weighted by Gasteiger charge is 2.19. The highest BCUT2D eigenvalue weighted by Crippen LogP contribution is 2.32. The first-order valence-corrected chi connectivity index (χ1v) is 9.95. The molecule has 1 unspecified atom stereocenters. The predicted molar refractivity (Wildman–Crippen MR) is 121 cm³/mol. The number of nitrogens with two attached hydrogens (primary N) is 1. The van der Waals surface area contributed by atoms with Crippen molar-refractivity contribution in [2.45, 2.75) is 13.0 Å². The number of hydrogen-bond donors (Lipinski definition) is 1. The van der Waals surface area contributed by atoms with E-state index in [4.69, 9.17) is 22.1 Å². The summed E-state index contributed by atoms with van der Waals surface area (Å²) in [6.45, 7) is 1.64. The van der Waals surface area contributed by atoms with Crippen molar-refractivity contribution in [2.24, 2.45) is 0 Å². The maximum Gasteiger partial charge on any atom is 0.142 e. The molecule has 4 rings (SSSR count). The monoisotopic (exact) mass is 438 g/mol. The van der Waals surface area contributed by atoms with Crippen molar-refractivity contribution < 1.29 is 13.5 Å². The van der Waals surface area contributed by atoms with Crippen LogP contribution in [0.5, 0.6) is 5.75 Å². The van der Waals surface area contributed by atoms with Gasteiger partial charge in [-0.15, -0.1) is 0 Å². The molecule has 1 aromatic heterocycles. The standard InChI is InChI=1S/C20H15ClF2O.C5H6N2/c1-13(19-17(22)10-11-18(23)20(19)21)24-16-9-5-8-15(12-16)14-6-3-2-4-7-14;6-5-3-1-2-4-7-5/h2-13H,1H3;1-4H,(H2,6,7). The molecule has 0 amide bonds. The number of ether oxygens (including phenoxy) is 1. The summed E-state index contributed by atoms with van der Waals surface area (Å²) in [5, 5.41) is -0.248. The fourth-order valence-electron chi connectivity index (χ4n) is 2.93. The minimum atomic E-state index is -0.723. The van der Waals surface area contributed by atoms with Crippen LogP contribution in [0.15, 0.2) is 91.1 Å². The zero-order valence-electron chi connectivity index (χ0n) is 16.8. The van der Waals surface area contributed by atoms with E-state index >= 15 is 0 Å². The average Bonchev–Trinajstić information content (AvgIpc) is 2.78. The molecule has 0 spiro atoms. The number of rotatable bonds is 4. The molecule has 0 aliphatic rings. The first-order chi connectivity index (χ1) is 15.0. The van der Waals surface area contributed by atoms with Crippen molar-refractivity contribution >= 4 is 17.4 Å². The summed E-state index contributed by atoms with van der Waals surface area (Å²) in [5.74, 6) is -0.124. The van der Waals surface area contributed by atoms with E-state index in [0.29, 0.717) is 11.6 Å². The highest BCUT2D eigenvalue weighted by atomic mass is 35.5. The van der Waals surface area contributed by atoms with Gasteiger partial charge in [0.1, 0.15) is 29.3 Å². The van der Waals surface area contributed by atoms with E-state index < -0.39 is 17.7 Å². The van der Waals surface area contributed by atoms with E-state index in [1.807, 2.05) is 60.7 Å². The minimum absolute atomic E-state index is 0.0155. The Morgan fingerprint density at radius 3 is 2.16 bits per heavy atom. The van der Waals surface area contributed by atoms with E-state index in [9.17, 15) is 8.78 Å². The fraction of sp³-hybridized carbons (Fsp3) is 0.0800. The Labute approximate surface area is 185 Å². The SMILES string of the molecule is CC(Oc1cccc(-c2ccccc2)c1)c1c(F)ccc(F)c1Cl.Nc1ccccn1. The van der Waals surface area contributed by atoms with Gasteiger partial charge in [-0.25, -0.2) is 13.8 Å². The lowest BCUT2D eigenvalue weighted by molar-refractivity contribution is 0.221. The van der Waals surface area contributed by atoms with E-state index in [1.165, 1.54) is 0 Å². The molecule has 0 saturated carbocycles. The smallest absolute Gasteiger partial charge is 0.142 e. The Hall–Kier alpha value is -3.44. The summed E-state index contributed by atoms with van der Waals surface area (Å²) < 4.78 is 33.4. The third kappa shape index (κ3) is 6.03. The zero-order valence-corrected chi connectivity index (χ0v) is 17.6. The molecule has 31 heavy (non-hydrogen) atoms. The quantitative estimate of drug-likeness (QED) is 0.346. The molecule has 4 aromatic rings. The second-order valence-corrected chi connectivity index (χ2v) is 7.04. The molecule has 6 heteroatoms. The minimum Gasteiger partial charge on any atom is -0.486 e. The first-order valence-electron chi connectivity index (χ1n) is 9.57. The molecular formula is C25H21ClF2N2O. The summed E-state index contributed by atoms with van der Waals surface area (Å²) in [7, 11) is 0. The third-order valence-corrected chi connectivity index (χ3v) is 4.81. The van der Waals surface area contributed by atoms with Crippen molar-refractivity contribution in [2.75, 3.05) is 5.73 Å². The van der Waals surface area contributed by atoms with Gasteiger partial charge in [-0.05, 0) is 54.4 Å². The molecular weight excluding hydrogens is 418 g/mol. The number of pyridine rings is 1. The lowest BCUT2D eigenvalue weighted by Crippen LogP contribution is -2.07. The Bertz CT molecular complexity index is 1120. The van der Waals surface area contributed by atoms with Crippen LogP contribution >= 0.6 is 11.6 Å². The summed E-state index contributed by atoms with van der Waals surface area (Å²) in [5.41, 5.74) is 7.29. The molecule has 3 aromatic carbocycles. The van der Waals surface area contributed by atoms with Crippen LogP contribution in [-0.4, -0.2) is 4.98 Å². The summed E-state index contributed by atoms with van der Waals surface area (Å²) in [4.78, 5) is 3.76. The molecule has 0 saturated heterocycles. The molecule has 0 radical (unpaired) electrons. The normalized spacial score (nSPS) is 11.2. The molecule has 158 valence electrons. The maximum atomic E-state index is 14.0. The van der Waals surface area contributed by atoms with Crippen LogP contribution in [0.1, 0.15) is 18.6 Å². The van der Waals surface area contributed by atoms with Crippen LogP contribution in [0.2, 0.25) is 5.02 Å². The van der Waals surface area contributed by atoms with E-state index in [-0.39, 0.29) is 10.6 Å². The summed E-state index contributed by atoms with van der Waals surface area (Å²) in [6.07, 6.45) is 0.939. The molecule has 0 aliphatic heterocycles. The number of nitrogens with zero attached hydrogens (tertiary/aromatic N) is 1. The van der Waals surface area contributed by atoms with Gasteiger partial charge in [0.25, 0.3) is 0 Å². The van der Waals surface area contributed by atoms with Gasteiger partial charge in [0.05, 0.1) is 5.02 Å². The predicted octanol–water partition coefficient (Wildman–Crippen LogP) is 7.09. The molecule has 0 fully saturated rings. The number of benzene rings is 3. The van der Waals surface area contributed by atoms with Crippen molar-refractivity contribution in [1.82, 2.24) is 4.98 Å². The average molecular weight is 439 g/mol. The van der Waals surface area contributed by atoms with Crippen LogP contribution in [-0.2, 0) is 0 Å². The van der Waals surface area contributed by atoms with Gasteiger partial charge in [0, 0.05) is 11.8 Å². The van der Waals surface area contributed by atoms with Crippen molar-refractivity contribution in [3.8, 4) is 16.9 Å². The molecule has 1 atom stereocenters. The fourth-order valence-corrected chi connectivity index (χ4v) is 3.24. The lowest BCUT2D eigenvalue weighted by Gasteiger charge is -2.18. The first kappa shape index (κ1) is 22.2. The number of aromatic nitrogens is 1. The van der Waals surface area contributed by atoms with Gasteiger partial charge in [-0.1, -0.05) is 60.1 Å². The van der Waals surface area contributed by atoms with Crippen molar-refractivity contribution in [1.29, 1.82) is 0 Å². The van der Waals surface area contributed by atoms with Gasteiger partial charge in [-0.3, -0.25) is 0 Å². The zero-order chi connectivity index (χ0) is 22.2. The van der Waals surface area contributed by atoms with Crippen molar-refractivity contribution in [3.63, 3.8) is 0 Å². The Morgan fingerprint density at radius 2 is 1.52 bits per heavy atom. The molecule has 2 N–H and O–H groups in total. The Kier molecular flexibility index (Phi) is 7.57. The number of halogens is 3. The van der Waals surface area contributed by atoms with Crippen LogP contribution in [0, 0.1) is 11.6 Å². The van der Waals surface area contributed by atoms with E-state index in [1.54, 1.807) is 25.3 Å². The largest absolute Gasteiger partial charge is 0.486 e. The van der Waals surface area contributed by atoms with Gasteiger partial charge in [0.15, 0.2) is 0 Å². The Balaban J connectivity index is 0.000000330. The Morgan fingerprint density at radius 1 is 0.839 bits per heavy atom. The van der Waals surface area contributed by atoms with Gasteiger partial charge >= 0.3 is 0 Å². The summed E-state index contributed by atoms with van der Waals surface area (Å²) >= 11 is 5.89. The third-order valence-electron chi connectivity index (χ3n) is 4.43. The lowest BCUT2D eigenvalue weighted by atomic mass is 10.1. The van der Waals surface area contributed by atoms with Crippen LogP contribution in [0.25, 0.3) is 11.1 Å². The number of nitrogen functional groups attached to an aromatic ring is 1. The molecule has 3 nitrogen and oxygen atoms in total. The molecule has 0 bridgehead atoms. The highest BCUT2D eigenvalue weighted by molar-refractivity contribution is 6.31. The van der Waals surface area contributed by atoms with Gasteiger partial charge < -0.3 is 10.5 Å². The molecule has 1 heterocycles. The second-order valence-electron chi connectivity index (χ2n) is 6.67.